The fourth-order valence-electron chi connectivity index (χ4n) is 1.51. The Hall–Kier alpha value is -2.08. The van der Waals surface area contributed by atoms with Gasteiger partial charge in [0.25, 0.3) is 0 Å². The molecule has 0 spiro atoms. The summed E-state index contributed by atoms with van der Waals surface area (Å²) in [6.45, 7) is 0. The number of methoxy groups -OCH3 is 1. The summed E-state index contributed by atoms with van der Waals surface area (Å²) in [6.07, 6.45) is -0.238. The van der Waals surface area contributed by atoms with Gasteiger partial charge in [-0.25, -0.2) is 4.68 Å². The SMILES string of the molecule is COc1ccc(-n2nnc(Cl)c2CC(=O)O)cc1. The number of hydrogen-bond acceptors (Lipinski definition) is 4. The zero-order valence-electron chi connectivity index (χ0n) is 9.50. The molecule has 0 fully saturated rings. The van der Waals surface area contributed by atoms with Gasteiger partial charge in [-0.05, 0) is 24.3 Å². The van der Waals surface area contributed by atoms with Crippen molar-refractivity contribution >= 4 is 17.6 Å². The molecule has 0 radical (unpaired) electrons. The Balaban J connectivity index is 2.40. The van der Waals surface area contributed by atoms with Crippen LogP contribution in [-0.4, -0.2) is 33.2 Å². The van der Waals surface area contributed by atoms with Crippen molar-refractivity contribution in [3.63, 3.8) is 0 Å². The molecule has 1 N–H and O–H groups in total. The van der Waals surface area contributed by atoms with Gasteiger partial charge in [-0.1, -0.05) is 16.8 Å². The molecule has 0 aliphatic heterocycles. The second-order valence-corrected chi connectivity index (χ2v) is 3.87. The molecule has 0 aliphatic rings. The van der Waals surface area contributed by atoms with Gasteiger partial charge in [0.1, 0.15) is 5.75 Å². The van der Waals surface area contributed by atoms with Gasteiger partial charge in [-0.15, -0.1) is 5.10 Å². The number of carboxylic acid groups (broad SMARTS) is 1. The first-order chi connectivity index (χ1) is 8.61. The molecule has 1 heterocycles. The summed E-state index contributed by atoms with van der Waals surface area (Å²) in [5.41, 5.74) is 1.01. The standard InChI is InChI=1S/C11H10ClN3O3/c1-18-8-4-2-7(3-5-8)15-9(6-10(16)17)11(12)13-14-15/h2-5H,6H2,1H3,(H,16,17). The normalized spacial score (nSPS) is 10.3. The predicted octanol–water partition coefficient (Wildman–Crippen LogP) is 1.56. The van der Waals surface area contributed by atoms with Crippen LogP contribution >= 0.6 is 11.6 Å². The number of halogens is 1. The molecule has 1 aromatic carbocycles. The minimum absolute atomic E-state index is 0.0909. The lowest BCUT2D eigenvalue weighted by Crippen LogP contribution is -2.08. The van der Waals surface area contributed by atoms with Crippen molar-refractivity contribution in [2.45, 2.75) is 6.42 Å². The maximum atomic E-state index is 10.8. The molecule has 2 aromatic rings. The molecule has 2 rings (SSSR count). The molecule has 18 heavy (non-hydrogen) atoms. The van der Waals surface area contributed by atoms with E-state index < -0.39 is 5.97 Å². The van der Waals surface area contributed by atoms with Gasteiger partial charge in [0.05, 0.1) is 24.9 Å². The van der Waals surface area contributed by atoms with Crippen LogP contribution < -0.4 is 4.74 Å². The lowest BCUT2D eigenvalue weighted by atomic mass is 10.2. The van der Waals surface area contributed by atoms with Crippen molar-refractivity contribution in [1.82, 2.24) is 15.0 Å². The number of benzene rings is 1. The molecular weight excluding hydrogens is 258 g/mol. The van der Waals surface area contributed by atoms with Crippen LogP contribution in [-0.2, 0) is 11.2 Å². The third-order valence-corrected chi connectivity index (χ3v) is 2.65. The first kappa shape index (κ1) is 12.4. The highest BCUT2D eigenvalue weighted by atomic mass is 35.5. The van der Waals surface area contributed by atoms with E-state index in [0.29, 0.717) is 17.1 Å². The summed E-state index contributed by atoms with van der Waals surface area (Å²) in [6, 6.07) is 6.98. The number of aromatic nitrogens is 3. The molecule has 1 aromatic heterocycles. The molecule has 7 heteroatoms. The van der Waals surface area contributed by atoms with Crippen LogP contribution in [0, 0.1) is 0 Å². The quantitative estimate of drug-likeness (QED) is 0.909. The predicted molar refractivity (Wildman–Crippen MR) is 64.3 cm³/mol. The van der Waals surface area contributed by atoms with Crippen molar-refractivity contribution in [2.75, 3.05) is 7.11 Å². The number of aliphatic carboxylic acids is 1. The van der Waals surface area contributed by atoms with Crippen molar-refractivity contribution in [3.05, 3.63) is 35.1 Å². The van der Waals surface area contributed by atoms with Crippen molar-refractivity contribution < 1.29 is 14.6 Å². The van der Waals surface area contributed by atoms with Crippen molar-refractivity contribution in [2.24, 2.45) is 0 Å². The highest BCUT2D eigenvalue weighted by Gasteiger charge is 2.15. The summed E-state index contributed by atoms with van der Waals surface area (Å²) in [5.74, 6) is -0.293. The van der Waals surface area contributed by atoms with Gasteiger partial charge in [0, 0.05) is 0 Å². The van der Waals surface area contributed by atoms with E-state index in [9.17, 15) is 4.79 Å². The van der Waals surface area contributed by atoms with Crippen LogP contribution in [0.15, 0.2) is 24.3 Å². The maximum absolute atomic E-state index is 10.8. The lowest BCUT2D eigenvalue weighted by Gasteiger charge is -2.05. The number of hydrogen-bond donors (Lipinski definition) is 1. The lowest BCUT2D eigenvalue weighted by molar-refractivity contribution is -0.136. The summed E-state index contributed by atoms with van der Waals surface area (Å²) in [5, 5.41) is 16.4. The molecule has 0 atom stereocenters. The summed E-state index contributed by atoms with van der Waals surface area (Å²) in [4.78, 5) is 10.8. The average molecular weight is 268 g/mol. The number of ether oxygens (including phenoxy) is 1. The van der Waals surface area contributed by atoms with Crippen LogP contribution in [0.1, 0.15) is 5.69 Å². The molecule has 0 saturated carbocycles. The number of nitrogens with zero attached hydrogens (tertiary/aromatic N) is 3. The zero-order valence-corrected chi connectivity index (χ0v) is 10.3. The van der Waals surface area contributed by atoms with E-state index in [2.05, 4.69) is 10.3 Å². The van der Waals surface area contributed by atoms with E-state index in [4.69, 9.17) is 21.4 Å². The van der Waals surface area contributed by atoms with Crippen LogP contribution in [0.2, 0.25) is 5.15 Å². The zero-order chi connectivity index (χ0) is 13.1. The van der Waals surface area contributed by atoms with Gasteiger partial charge in [0.2, 0.25) is 0 Å². The highest BCUT2D eigenvalue weighted by molar-refractivity contribution is 6.30. The first-order valence-electron chi connectivity index (χ1n) is 5.08. The largest absolute Gasteiger partial charge is 0.497 e. The van der Waals surface area contributed by atoms with Crippen LogP contribution in [0.3, 0.4) is 0 Å². The summed E-state index contributed by atoms with van der Waals surface area (Å²) >= 11 is 5.82. The van der Waals surface area contributed by atoms with E-state index in [0.717, 1.165) is 0 Å². The van der Waals surface area contributed by atoms with E-state index in [-0.39, 0.29) is 11.6 Å². The van der Waals surface area contributed by atoms with Gasteiger partial charge in [0.15, 0.2) is 5.15 Å². The summed E-state index contributed by atoms with van der Waals surface area (Å²) in [7, 11) is 1.57. The Labute approximate surface area is 108 Å². The van der Waals surface area contributed by atoms with E-state index >= 15 is 0 Å². The Kier molecular flexibility index (Phi) is 3.47. The molecule has 6 nitrogen and oxygen atoms in total. The fraction of sp³-hybridized carbons (Fsp3) is 0.182. The molecule has 0 unspecified atom stereocenters. The van der Waals surface area contributed by atoms with Crippen molar-refractivity contribution in [1.29, 1.82) is 0 Å². The first-order valence-corrected chi connectivity index (χ1v) is 5.46. The van der Waals surface area contributed by atoms with E-state index in [1.54, 1.807) is 31.4 Å². The van der Waals surface area contributed by atoms with Gasteiger partial charge in [-0.2, -0.15) is 0 Å². The van der Waals surface area contributed by atoms with E-state index in [1.807, 2.05) is 0 Å². The molecule has 0 saturated heterocycles. The van der Waals surface area contributed by atoms with Crippen LogP contribution in [0.25, 0.3) is 5.69 Å². The molecular formula is C11H10ClN3O3. The third-order valence-electron chi connectivity index (χ3n) is 2.35. The van der Waals surface area contributed by atoms with Crippen LogP contribution in [0.5, 0.6) is 5.75 Å². The smallest absolute Gasteiger partial charge is 0.309 e. The second-order valence-electron chi connectivity index (χ2n) is 3.51. The fourth-order valence-corrected chi connectivity index (χ4v) is 1.69. The van der Waals surface area contributed by atoms with Gasteiger partial charge in [-0.3, -0.25) is 4.79 Å². The monoisotopic (exact) mass is 267 g/mol. The Morgan fingerprint density at radius 3 is 2.67 bits per heavy atom. The van der Waals surface area contributed by atoms with Gasteiger partial charge < -0.3 is 9.84 Å². The number of rotatable bonds is 4. The summed E-state index contributed by atoms with van der Waals surface area (Å²) < 4.78 is 6.44. The van der Waals surface area contributed by atoms with Crippen molar-refractivity contribution in [3.8, 4) is 11.4 Å². The highest BCUT2D eigenvalue weighted by Crippen LogP contribution is 2.19. The maximum Gasteiger partial charge on any atom is 0.309 e. The topological polar surface area (TPSA) is 77.2 Å². The number of carbonyl (C=O) groups is 1. The second kappa shape index (κ2) is 5.05. The molecule has 0 bridgehead atoms. The molecule has 94 valence electrons. The van der Waals surface area contributed by atoms with Crippen LogP contribution in [0.4, 0.5) is 0 Å². The average Bonchev–Trinajstić information content (AvgIpc) is 2.71. The van der Waals surface area contributed by atoms with E-state index in [1.165, 1.54) is 4.68 Å². The Morgan fingerprint density at radius 1 is 1.44 bits per heavy atom. The Bertz CT molecular complexity index is 565. The Morgan fingerprint density at radius 2 is 2.11 bits per heavy atom. The third kappa shape index (κ3) is 2.43. The molecule has 0 amide bonds. The minimum atomic E-state index is -0.992. The molecule has 0 aliphatic carbocycles. The number of carboxylic acids is 1. The van der Waals surface area contributed by atoms with Gasteiger partial charge >= 0.3 is 5.97 Å². The minimum Gasteiger partial charge on any atom is -0.497 e.